The van der Waals surface area contributed by atoms with E-state index in [1.54, 1.807) is 12.0 Å². The van der Waals surface area contributed by atoms with Gasteiger partial charge in [0.15, 0.2) is 0 Å². The van der Waals surface area contributed by atoms with E-state index in [-0.39, 0.29) is 17.2 Å². The number of ether oxygens (including phenoxy) is 1. The van der Waals surface area contributed by atoms with E-state index in [1.807, 2.05) is 34.6 Å². The molecule has 0 saturated carbocycles. The lowest BCUT2D eigenvalue weighted by molar-refractivity contribution is -0.160. The van der Waals surface area contributed by atoms with Gasteiger partial charge in [-0.1, -0.05) is 34.6 Å². The Bertz CT molecular complexity index is 383. The number of piperazine rings is 1. The topological polar surface area (TPSA) is 58.6 Å². The maximum atomic E-state index is 13.0. The molecule has 0 aromatic rings. The summed E-state index contributed by atoms with van der Waals surface area (Å²) in [5.41, 5.74) is -1.04. The Morgan fingerprint density at radius 1 is 1.24 bits per heavy atom. The molecule has 5 heteroatoms. The molecular weight excluding hydrogens is 268 g/mol. The van der Waals surface area contributed by atoms with Crippen LogP contribution >= 0.6 is 0 Å². The van der Waals surface area contributed by atoms with E-state index < -0.39 is 11.6 Å². The second-order valence-electron chi connectivity index (χ2n) is 6.89. The average Bonchev–Trinajstić information content (AvgIpc) is 2.41. The van der Waals surface area contributed by atoms with Crippen molar-refractivity contribution in [2.24, 2.45) is 5.41 Å². The van der Waals surface area contributed by atoms with Crippen LogP contribution in [-0.4, -0.2) is 48.6 Å². The fourth-order valence-corrected chi connectivity index (χ4v) is 3.09. The second kappa shape index (κ2) is 6.77. The van der Waals surface area contributed by atoms with Crippen molar-refractivity contribution in [3.63, 3.8) is 0 Å². The number of nitrogens with one attached hydrogen (secondary N) is 1. The molecule has 0 radical (unpaired) electrons. The summed E-state index contributed by atoms with van der Waals surface area (Å²) in [6.07, 6.45) is 1.98. The monoisotopic (exact) mass is 298 g/mol. The third-order valence-electron chi connectivity index (χ3n) is 4.37. The van der Waals surface area contributed by atoms with Gasteiger partial charge in [0, 0.05) is 20.3 Å². The largest absolute Gasteiger partial charge is 0.385 e. The van der Waals surface area contributed by atoms with Gasteiger partial charge in [0.1, 0.15) is 11.6 Å². The second-order valence-corrected chi connectivity index (χ2v) is 6.89. The molecular formula is C16H30N2O3. The van der Waals surface area contributed by atoms with Crippen molar-refractivity contribution >= 4 is 11.8 Å². The summed E-state index contributed by atoms with van der Waals surface area (Å²) in [4.78, 5) is 27.4. The van der Waals surface area contributed by atoms with Gasteiger partial charge < -0.3 is 15.0 Å². The maximum absolute atomic E-state index is 13.0. The third kappa shape index (κ3) is 3.57. The number of carbonyl (C=O) groups excluding carboxylic acids is 2. The van der Waals surface area contributed by atoms with Crippen LogP contribution in [0.3, 0.4) is 0 Å². The lowest BCUT2D eigenvalue weighted by Crippen LogP contribution is -2.72. The van der Waals surface area contributed by atoms with Crippen LogP contribution in [0.25, 0.3) is 0 Å². The number of nitrogens with zero attached hydrogens (tertiary/aromatic N) is 1. The number of hydrogen-bond donors (Lipinski definition) is 1. The van der Waals surface area contributed by atoms with Gasteiger partial charge in [0.05, 0.1) is 0 Å². The summed E-state index contributed by atoms with van der Waals surface area (Å²) in [6, 6.07) is -0.423. The van der Waals surface area contributed by atoms with E-state index in [0.29, 0.717) is 26.0 Å². The third-order valence-corrected chi connectivity index (χ3v) is 4.37. The lowest BCUT2D eigenvalue weighted by atomic mass is 9.79. The Balaban J connectivity index is 3.11. The van der Waals surface area contributed by atoms with Crippen LogP contribution in [0.5, 0.6) is 0 Å². The SMILES string of the molecule is CCC1(CC)NC(=O)C(C(C)(C)C)N(CCCOC)C1=O. The Morgan fingerprint density at radius 3 is 2.24 bits per heavy atom. The highest BCUT2D eigenvalue weighted by molar-refractivity contribution is 6.00. The van der Waals surface area contributed by atoms with Gasteiger partial charge in [-0.3, -0.25) is 9.59 Å². The van der Waals surface area contributed by atoms with Crippen molar-refractivity contribution in [3.8, 4) is 0 Å². The normalized spacial score (nSPS) is 22.4. The van der Waals surface area contributed by atoms with Crippen LogP contribution in [0.2, 0.25) is 0 Å². The standard InChI is InChI=1S/C16H30N2O3/c1-7-16(8-2)14(20)18(10-9-11-21-6)12(13(19)17-16)15(3,4)5/h12H,7-11H2,1-6H3,(H,17,19). The molecule has 0 aromatic heterocycles. The molecule has 1 atom stereocenters. The zero-order valence-electron chi connectivity index (χ0n) is 14.3. The Labute approximate surface area is 128 Å². The Kier molecular flexibility index (Phi) is 5.79. The first-order valence-corrected chi connectivity index (χ1v) is 7.85. The number of methoxy groups -OCH3 is 1. The van der Waals surface area contributed by atoms with Crippen molar-refractivity contribution in [1.29, 1.82) is 0 Å². The van der Waals surface area contributed by atoms with Crippen molar-refractivity contribution in [2.45, 2.75) is 65.5 Å². The molecule has 2 amide bonds. The van der Waals surface area contributed by atoms with Crippen LogP contribution in [0.1, 0.15) is 53.9 Å². The highest BCUT2D eigenvalue weighted by Crippen LogP contribution is 2.33. The summed E-state index contributed by atoms with van der Waals surface area (Å²) < 4.78 is 5.08. The van der Waals surface area contributed by atoms with Crippen LogP contribution in [0.4, 0.5) is 0 Å². The van der Waals surface area contributed by atoms with Gasteiger partial charge in [-0.05, 0) is 24.7 Å². The van der Waals surface area contributed by atoms with Gasteiger partial charge in [0.25, 0.3) is 0 Å². The minimum atomic E-state index is -0.744. The van der Waals surface area contributed by atoms with Crippen molar-refractivity contribution in [1.82, 2.24) is 10.2 Å². The van der Waals surface area contributed by atoms with Gasteiger partial charge in [-0.25, -0.2) is 0 Å². The van der Waals surface area contributed by atoms with Gasteiger partial charge in [-0.15, -0.1) is 0 Å². The highest BCUT2D eigenvalue weighted by atomic mass is 16.5. The molecule has 1 N–H and O–H groups in total. The van der Waals surface area contributed by atoms with Crippen LogP contribution in [0.15, 0.2) is 0 Å². The van der Waals surface area contributed by atoms with E-state index in [4.69, 9.17) is 4.74 Å². The van der Waals surface area contributed by atoms with Crippen molar-refractivity contribution < 1.29 is 14.3 Å². The van der Waals surface area contributed by atoms with Gasteiger partial charge in [-0.2, -0.15) is 0 Å². The molecule has 0 aromatic carbocycles. The molecule has 21 heavy (non-hydrogen) atoms. The molecule has 0 bridgehead atoms. The summed E-state index contributed by atoms with van der Waals surface area (Å²) in [6.45, 7) is 11.0. The predicted molar refractivity (Wildman–Crippen MR) is 82.9 cm³/mol. The molecule has 0 aliphatic carbocycles. The highest BCUT2D eigenvalue weighted by Gasteiger charge is 2.51. The minimum Gasteiger partial charge on any atom is -0.385 e. The quantitative estimate of drug-likeness (QED) is 0.763. The van der Waals surface area contributed by atoms with Crippen molar-refractivity contribution in [2.75, 3.05) is 20.3 Å². The van der Waals surface area contributed by atoms with E-state index in [9.17, 15) is 9.59 Å². The number of carbonyl (C=O) groups is 2. The molecule has 1 aliphatic heterocycles. The summed E-state index contributed by atoms with van der Waals surface area (Å²) in [5, 5.41) is 2.99. The summed E-state index contributed by atoms with van der Waals surface area (Å²) >= 11 is 0. The number of rotatable bonds is 6. The maximum Gasteiger partial charge on any atom is 0.249 e. The smallest absolute Gasteiger partial charge is 0.249 e. The zero-order chi connectivity index (χ0) is 16.3. The first kappa shape index (κ1) is 18.0. The average molecular weight is 298 g/mol. The molecule has 1 unspecified atom stereocenters. The first-order chi connectivity index (χ1) is 9.73. The minimum absolute atomic E-state index is 0.0387. The first-order valence-electron chi connectivity index (χ1n) is 7.85. The van der Waals surface area contributed by atoms with Crippen LogP contribution in [-0.2, 0) is 14.3 Å². The van der Waals surface area contributed by atoms with Gasteiger partial charge in [0.2, 0.25) is 11.8 Å². The summed E-state index contributed by atoms with van der Waals surface area (Å²) in [7, 11) is 1.65. The molecule has 1 heterocycles. The molecule has 1 rings (SSSR count). The van der Waals surface area contributed by atoms with E-state index in [2.05, 4.69) is 5.32 Å². The molecule has 1 aliphatic rings. The lowest BCUT2D eigenvalue weighted by Gasteiger charge is -2.49. The Hall–Kier alpha value is -1.10. The van der Waals surface area contributed by atoms with E-state index in [0.717, 1.165) is 6.42 Å². The molecule has 0 spiro atoms. The van der Waals surface area contributed by atoms with Crippen LogP contribution < -0.4 is 5.32 Å². The molecule has 122 valence electrons. The summed E-state index contributed by atoms with van der Waals surface area (Å²) in [5.74, 6) is 0.00587. The number of amides is 2. The zero-order valence-corrected chi connectivity index (χ0v) is 14.3. The van der Waals surface area contributed by atoms with Gasteiger partial charge >= 0.3 is 0 Å². The van der Waals surface area contributed by atoms with Crippen LogP contribution in [0, 0.1) is 5.41 Å². The molecule has 1 saturated heterocycles. The Morgan fingerprint density at radius 2 is 1.81 bits per heavy atom. The fraction of sp³-hybridized carbons (Fsp3) is 0.875. The fourth-order valence-electron chi connectivity index (χ4n) is 3.09. The number of hydrogen-bond acceptors (Lipinski definition) is 3. The molecule has 5 nitrogen and oxygen atoms in total. The van der Waals surface area contributed by atoms with E-state index >= 15 is 0 Å². The van der Waals surface area contributed by atoms with E-state index in [1.165, 1.54) is 0 Å². The molecule has 1 fully saturated rings. The predicted octanol–water partition coefficient (Wildman–Crippen LogP) is 1.95. The van der Waals surface area contributed by atoms with Crippen molar-refractivity contribution in [3.05, 3.63) is 0 Å².